The van der Waals surface area contributed by atoms with Crippen LogP contribution in [0.2, 0.25) is 0 Å². The Kier molecular flexibility index (Phi) is 5.07. The highest BCUT2D eigenvalue weighted by Crippen LogP contribution is 2.16. The number of carbonyl (C=O) groups excluding carboxylic acids is 1. The fraction of sp³-hybridized carbons (Fsp3) is 0.238. The molecule has 0 saturated heterocycles. The molecule has 0 unspecified atom stereocenters. The smallest absolute Gasteiger partial charge is 0.253 e. The third-order valence-electron chi connectivity index (χ3n) is 4.29. The maximum atomic E-state index is 12.7. The summed E-state index contributed by atoms with van der Waals surface area (Å²) in [4.78, 5) is 14.4. The highest BCUT2D eigenvalue weighted by atomic mass is 16.5. The van der Waals surface area contributed by atoms with E-state index < -0.39 is 0 Å². The molecule has 0 spiro atoms. The molecule has 5 nitrogen and oxygen atoms in total. The van der Waals surface area contributed by atoms with Crippen molar-refractivity contribution in [3.05, 3.63) is 77.1 Å². The Labute approximate surface area is 153 Å². The number of amides is 1. The maximum absolute atomic E-state index is 12.7. The summed E-state index contributed by atoms with van der Waals surface area (Å²) in [6, 6.07) is 17.3. The molecule has 0 fully saturated rings. The van der Waals surface area contributed by atoms with Crippen LogP contribution < -0.4 is 4.74 Å². The Morgan fingerprint density at radius 1 is 1.08 bits per heavy atom. The van der Waals surface area contributed by atoms with E-state index in [0.717, 1.165) is 28.4 Å². The third-order valence-corrected chi connectivity index (χ3v) is 4.29. The maximum Gasteiger partial charge on any atom is 0.253 e. The summed E-state index contributed by atoms with van der Waals surface area (Å²) in [6.45, 7) is 4.53. The molecule has 0 radical (unpaired) electrons. The van der Waals surface area contributed by atoms with Crippen molar-refractivity contribution in [2.24, 2.45) is 0 Å². The molecule has 3 rings (SSSR count). The van der Waals surface area contributed by atoms with Crippen LogP contribution in [0.15, 0.2) is 54.6 Å². The van der Waals surface area contributed by atoms with Gasteiger partial charge in [0.25, 0.3) is 5.91 Å². The zero-order chi connectivity index (χ0) is 18.7. The number of ether oxygens (including phenoxy) is 1. The van der Waals surface area contributed by atoms with Crippen LogP contribution in [-0.4, -0.2) is 34.7 Å². The average molecular weight is 349 g/mol. The lowest BCUT2D eigenvalue weighted by Gasteiger charge is -2.18. The van der Waals surface area contributed by atoms with Crippen LogP contribution in [-0.2, 0) is 6.54 Å². The highest BCUT2D eigenvalue weighted by Gasteiger charge is 2.13. The Balaban J connectivity index is 1.71. The van der Waals surface area contributed by atoms with Gasteiger partial charge in [-0.05, 0) is 61.9 Å². The molecule has 0 aliphatic rings. The summed E-state index contributed by atoms with van der Waals surface area (Å²) in [7, 11) is 3.45. The van der Waals surface area contributed by atoms with Gasteiger partial charge in [0.15, 0.2) is 0 Å². The lowest BCUT2D eigenvalue weighted by atomic mass is 10.1. The summed E-state index contributed by atoms with van der Waals surface area (Å²) >= 11 is 0. The van der Waals surface area contributed by atoms with Crippen LogP contribution in [0.4, 0.5) is 0 Å². The molecule has 0 N–H and O–H groups in total. The zero-order valence-corrected chi connectivity index (χ0v) is 15.6. The summed E-state index contributed by atoms with van der Waals surface area (Å²) < 4.78 is 7.04. The lowest BCUT2D eigenvalue weighted by molar-refractivity contribution is 0.0785. The molecule has 1 aromatic heterocycles. The highest BCUT2D eigenvalue weighted by molar-refractivity contribution is 5.94. The van der Waals surface area contributed by atoms with E-state index in [1.54, 1.807) is 12.0 Å². The number of benzene rings is 2. The Morgan fingerprint density at radius 3 is 2.27 bits per heavy atom. The quantitative estimate of drug-likeness (QED) is 0.704. The van der Waals surface area contributed by atoms with Crippen molar-refractivity contribution in [1.29, 1.82) is 0 Å². The first-order valence-corrected chi connectivity index (χ1v) is 8.50. The van der Waals surface area contributed by atoms with E-state index in [4.69, 9.17) is 4.74 Å². The normalized spacial score (nSPS) is 10.6. The molecular formula is C21H23N3O2. The van der Waals surface area contributed by atoms with Gasteiger partial charge < -0.3 is 9.64 Å². The summed E-state index contributed by atoms with van der Waals surface area (Å²) in [5.41, 5.74) is 4.71. The number of hydrogen-bond donors (Lipinski definition) is 0. The van der Waals surface area contributed by atoms with Gasteiger partial charge in [0.2, 0.25) is 0 Å². The van der Waals surface area contributed by atoms with E-state index in [0.29, 0.717) is 12.1 Å². The Morgan fingerprint density at radius 2 is 1.73 bits per heavy atom. The molecular weight excluding hydrogens is 326 g/mol. The van der Waals surface area contributed by atoms with Crippen LogP contribution >= 0.6 is 0 Å². The number of rotatable bonds is 5. The van der Waals surface area contributed by atoms with Crippen LogP contribution in [0.1, 0.15) is 27.3 Å². The number of hydrogen-bond acceptors (Lipinski definition) is 3. The van der Waals surface area contributed by atoms with E-state index in [-0.39, 0.29) is 5.91 Å². The van der Waals surface area contributed by atoms with E-state index in [9.17, 15) is 4.79 Å². The summed E-state index contributed by atoms with van der Waals surface area (Å²) in [5.74, 6) is 0.795. The molecule has 134 valence electrons. The van der Waals surface area contributed by atoms with Crippen LogP contribution in [0.25, 0.3) is 5.69 Å². The molecule has 0 aliphatic carbocycles. The molecule has 5 heteroatoms. The van der Waals surface area contributed by atoms with Crippen molar-refractivity contribution in [2.75, 3.05) is 14.2 Å². The molecule has 1 amide bonds. The van der Waals surface area contributed by atoms with Crippen LogP contribution in [0.3, 0.4) is 0 Å². The Hall–Kier alpha value is -3.08. The topological polar surface area (TPSA) is 47.4 Å². The second kappa shape index (κ2) is 7.44. The SMILES string of the molecule is COc1ccc(CN(C)C(=O)c2ccc(-n3nc(C)cc3C)cc2)cc1. The molecule has 2 aromatic carbocycles. The van der Waals surface area contributed by atoms with Gasteiger partial charge >= 0.3 is 0 Å². The number of carbonyl (C=O) groups is 1. The van der Waals surface area contributed by atoms with E-state index in [1.807, 2.05) is 80.2 Å². The van der Waals surface area contributed by atoms with Crippen molar-refractivity contribution >= 4 is 5.91 Å². The largest absolute Gasteiger partial charge is 0.497 e. The summed E-state index contributed by atoms with van der Waals surface area (Å²) in [5, 5.41) is 4.47. The fourth-order valence-electron chi connectivity index (χ4n) is 2.93. The molecule has 0 atom stereocenters. The molecule has 0 aliphatic heterocycles. The first-order chi connectivity index (χ1) is 12.5. The third kappa shape index (κ3) is 3.77. The van der Waals surface area contributed by atoms with Gasteiger partial charge in [0.1, 0.15) is 5.75 Å². The molecule has 3 aromatic rings. The van der Waals surface area contributed by atoms with Gasteiger partial charge in [0, 0.05) is 24.8 Å². The van der Waals surface area contributed by atoms with Crippen LogP contribution in [0, 0.1) is 13.8 Å². The fourth-order valence-corrected chi connectivity index (χ4v) is 2.93. The van der Waals surface area contributed by atoms with E-state index in [2.05, 4.69) is 5.10 Å². The van der Waals surface area contributed by atoms with Crippen molar-refractivity contribution < 1.29 is 9.53 Å². The minimum Gasteiger partial charge on any atom is -0.497 e. The van der Waals surface area contributed by atoms with E-state index >= 15 is 0 Å². The van der Waals surface area contributed by atoms with Gasteiger partial charge in [0.05, 0.1) is 18.5 Å². The molecule has 0 saturated carbocycles. The van der Waals surface area contributed by atoms with Gasteiger partial charge in [-0.25, -0.2) is 4.68 Å². The van der Waals surface area contributed by atoms with Crippen molar-refractivity contribution in [3.63, 3.8) is 0 Å². The Bertz CT molecular complexity index is 896. The van der Waals surface area contributed by atoms with Crippen molar-refractivity contribution in [1.82, 2.24) is 14.7 Å². The first-order valence-electron chi connectivity index (χ1n) is 8.50. The van der Waals surface area contributed by atoms with Gasteiger partial charge in [-0.3, -0.25) is 4.79 Å². The molecule has 26 heavy (non-hydrogen) atoms. The van der Waals surface area contributed by atoms with Gasteiger partial charge in [-0.2, -0.15) is 5.10 Å². The van der Waals surface area contributed by atoms with Crippen LogP contribution in [0.5, 0.6) is 5.75 Å². The number of methoxy groups -OCH3 is 1. The minimum absolute atomic E-state index is 0.0132. The molecule has 1 heterocycles. The van der Waals surface area contributed by atoms with Crippen molar-refractivity contribution in [3.8, 4) is 11.4 Å². The minimum atomic E-state index is -0.0132. The van der Waals surface area contributed by atoms with Crippen molar-refractivity contribution in [2.45, 2.75) is 20.4 Å². The number of aryl methyl sites for hydroxylation is 2. The zero-order valence-electron chi connectivity index (χ0n) is 15.6. The van der Waals surface area contributed by atoms with E-state index in [1.165, 1.54) is 0 Å². The second-order valence-corrected chi connectivity index (χ2v) is 6.40. The standard InChI is InChI=1S/C21H23N3O2/c1-15-13-16(2)24(22-15)19-9-7-18(8-10-19)21(25)23(3)14-17-5-11-20(26-4)12-6-17/h5-13H,14H2,1-4H3. The molecule has 0 bridgehead atoms. The number of nitrogens with zero attached hydrogens (tertiary/aromatic N) is 3. The average Bonchev–Trinajstić information content (AvgIpc) is 3.00. The van der Waals surface area contributed by atoms with Gasteiger partial charge in [-0.1, -0.05) is 12.1 Å². The predicted molar refractivity (Wildman–Crippen MR) is 102 cm³/mol. The predicted octanol–water partition coefficient (Wildman–Crippen LogP) is 3.77. The summed E-state index contributed by atoms with van der Waals surface area (Å²) in [6.07, 6.45) is 0. The first kappa shape index (κ1) is 17.7. The monoisotopic (exact) mass is 349 g/mol. The second-order valence-electron chi connectivity index (χ2n) is 6.40. The van der Waals surface area contributed by atoms with Gasteiger partial charge in [-0.15, -0.1) is 0 Å². The lowest BCUT2D eigenvalue weighted by Crippen LogP contribution is -2.26. The number of aromatic nitrogens is 2.